The minimum Gasteiger partial charge on any atom is -0.224 e. The van der Waals surface area contributed by atoms with Crippen molar-refractivity contribution in [2.45, 2.75) is 4.90 Å². The van der Waals surface area contributed by atoms with E-state index >= 15 is 0 Å². The van der Waals surface area contributed by atoms with Crippen LogP contribution in [0.5, 0.6) is 0 Å². The van der Waals surface area contributed by atoms with Crippen LogP contribution in [0.1, 0.15) is 0 Å². The molecule has 100 valence electrons. The van der Waals surface area contributed by atoms with Crippen LogP contribution in [0.15, 0.2) is 41.3 Å². The molecular weight excluding hydrogens is 327 g/mol. The second-order valence-corrected chi connectivity index (χ2v) is 7.12. The Morgan fingerprint density at radius 2 is 1.53 bits per heavy atom. The summed E-state index contributed by atoms with van der Waals surface area (Å²) in [4.78, 5) is -0.00485. The van der Waals surface area contributed by atoms with Crippen molar-refractivity contribution in [3.05, 3.63) is 51.5 Å². The van der Waals surface area contributed by atoms with Crippen LogP contribution in [-0.4, -0.2) is 14.7 Å². The van der Waals surface area contributed by atoms with E-state index in [2.05, 4.69) is 0 Å². The number of hydrogen-bond donors (Lipinski definition) is 0. The Hall–Kier alpha value is -0.740. The highest BCUT2D eigenvalue weighted by Gasteiger charge is 2.23. The first-order valence-corrected chi connectivity index (χ1v) is 8.28. The van der Waals surface area contributed by atoms with Gasteiger partial charge in [-0.3, -0.25) is 0 Å². The van der Waals surface area contributed by atoms with Crippen LogP contribution in [-0.2, 0) is 9.84 Å². The molecule has 0 spiro atoms. The lowest BCUT2D eigenvalue weighted by molar-refractivity contribution is 0.602. The van der Waals surface area contributed by atoms with Crippen molar-refractivity contribution in [1.29, 1.82) is 0 Å². The van der Waals surface area contributed by atoms with Gasteiger partial charge in [-0.25, -0.2) is 8.42 Å². The molecule has 0 N–H and O–H groups in total. The van der Waals surface area contributed by atoms with E-state index in [4.69, 9.17) is 34.8 Å². The standard InChI is InChI=1S/C13H9Cl3O2S/c1-19(17,18)13-9(8-5-3-2-4-6-8)7-10(14)11(15)12(13)16/h2-7H,1H3. The SMILES string of the molecule is CS(=O)(=O)c1c(-c2ccccc2)cc(Cl)c(Cl)c1Cl. The summed E-state index contributed by atoms with van der Waals surface area (Å²) in [6.07, 6.45) is 1.09. The van der Waals surface area contributed by atoms with Gasteiger partial charge in [-0.05, 0) is 11.6 Å². The zero-order valence-electron chi connectivity index (χ0n) is 9.82. The van der Waals surface area contributed by atoms with E-state index in [1.165, 1.54) is 6.07 Å². The summed E-state index contributed by atoms with van der Waals surface area (Å²) < 4.78 is 23.9. The first-order chi connectivity index (χ1) is 8.82. The van der Waals surface area contributed by atoms with Crippen molar-refractivity contribution in [1.82, 2.24) is 0 Å². The first kappa shape index (κ1) is 14.7. The maximum atomic E-state index is 11.9. The Bertz CT molecular complexity index is 725. The molecule has 0 aliphatic carbocycles. The molecule has 2 aromatic carbocycles. The van der Waals surface area contributed by atoms with Gasteiger partial charge in [0.05, 0.1) is 20.0 Å². The number of sulfone groups is 1. The van der Waals surface area contributed by atoms with Gasteiger partial charge in [0.1, 0.15) is 0 Å². The molecule has 0 amide bonds. The third kappa shape index (κ3) is 2.90. The highest BCUT2D eigenvalue weighted by atomic mass is 35.5. The van der Waals surface area contributed by atoms with Gasteiger partial charge in [0.25, 0.3) is 0 Å². The van der Waals surface area contributed by atoms with Crippen LogP contribution >= 0.6 is 34.8 Å². The van der Waals surface area contributed by atoms with E-state index < -0.39 is 9.84 Å². The molecule has 0 saturated carbocycles. The molecule has 0 unspecified atom stereocenters. The molecule has 0 atom stereocenters. The highest BCUT2D eigenvalue weighted by molar-refractivity contribution is 7.91. The Morgan fingerprint density at radius 1 is 0.947 bits per heavy atom. The average molecular weight is 336 g/mol. The van der Waals surface area contributed by atoms with E-state index in [0.717, 1.165) is 6.26 Å². The van der Waals surface area contributed by atoms with Crippen LogP contribution in [0.2, 0.25) is 15.1 Å². The van der Waals surface area contributed by atoms with Gasteiger partial charge in [0.15, 0.2) is 9.84 Å². The molecule has 0 aliphatic rings. The molecule has 2 rings (SSSR count). The van der Waals surface area contributed by atoms with Crippen molar-refractivity contribution >= 4 is 44.6 Å². The summed E-state index contributed by atoms with van der Waals surface area (Å²) in [6, 6.07) is 10.5. The van der Waals surface area contributed by atoms with Gasteiger partial charge in [-0.15, -0.1) is 0 Å². The van der Waals surface area contributed by atoms with Crippen LogP contribution in [0.4, 0.5) is 0 Å². The number of benzene rings is 2. The highest BCUT2D eigenvalue weighted by Crippen LogP contribution is 2.41. The molecule has 0 fully saturated rings. The minimum atomic E-state index is -3.53. The van der Waals surface area contributed by atoms with Crippen LogP contribution < -0.4 is 0 Å². The molecule has 0 radical (unpaired) electrons. The Labute approximate surface area is 126 Å². The van der Waals surface area contributed by atoms with Crippen LogP contribution in [0.25, 0.3) is 11.1 Å². The summed E-state index contributed by atoms with van der Waals surface area (Å²) in [5.41, 5.74) is 1.16. The van der Waals surface area contributed by atoms with Crippen molar-refractivity contribution in [2.75, 3.05) is 6.26 Å². The average Bonchev–Trinajstić information content (AvgIpc) is 2.35. The smallest absolute Gasteiger partial charge is 0.177 e. The van der Waals surface area contributed by atoms with Crippen LogP contribution in [0.3, 0.4) is 0 Å². The fourth-order valence-corrected chi connectivity index (χ4v) is 3.86. The van der Waals surface area contributed by atoms with Gasteiger partial charge in [-0.1, -0.05) is 65.1 Å². The molecule has 0 heterocycles. The summed E-state index contributed by atoms with van der Waals surface area (Å²) in [6.45, 7) is 0. The van der Waals surface area contributed by atoms with Gasteiger partial charge >= 0.3 is 0 Å². The molecule has 2 nitrogen and oxygen atoms in total. The summed E-state index contributed by atoms with van der Waals surface area (Å²) in [5.74, 6) is 0. The maximum Gasteiger partial charge on any atom is 0.177 e. The zero-order valence-corrected chi connectivity index (χ0v) is 12.9. The lowest BCUT2D eigenvalue weighted by atomic mass is 10.1. The van der Waals surface area contributed by atoms with E-state index in [9.17, 15) is 8.42 Å². The summed E-state index contributed by atoms with van der Waals surface area (Å²) >= 11 is 17.9. The van der Waals surface area contributed by atoms with E-state index in [1.54, 1.807) is 24.3 Å². The predicted molar refractivity (Wildman–Crippen MR) is 80.0 cm³/mol. The van der Waals surface area contributed by atoms with Crippen molar-refractivity contribution in [2.24, 2.45) is 0 Å². The van der Waals surface area contributed by atoms with Gasteiger partial charge < -0.3 is 0 Å². The summed E-state index contributed by atoms with van der Waals surface area (Å²) in [5, 5.41) is 0.219. The van der Waals surface area contributed by atoms with Crippen molar-refractivity contribution in [3.63, 3.8) is 0 Å². The molecule has 0 aromatic heterocycles. The van der Waals surface area contributed by atoms with E-state index in [1.807, 2.05) is 6.07 Å². The van der Waals surface area contributed by atoms with E-state index in [-0.39, 0.29) is 20.0 Å². The quantitative estimate of drug-likeness (QED) is 0.744. The number of halogens is 3. The molecule has 0 saturated heterocycles. The van der Waals surface area contributed by atoms with Crippen molar-refractivity contribution in [3.8, 4) is 11.1 Å². The largest absolute Gasteiger partial charge is 0.224 e. The second-order valence-electron chi connectivity index (χ2n) is 4.00. The second kappa shape index (κ2) is 5.33. The lowest BCUT2D eigenvalue weighted by Gasteiger charge is -2.12. The van der Waals surface area contributed by atoms with Gasteiger partial charge in [-0.2, -0.15) is 0 Å². The molecule has 2 aromatic rings. The maximum absolute atomic E-state index is 11.9. The zero-order chi connectivity index (χ0) is 14.2. The Kier molecular flexibility index (Phi) is 4.11. The lowest BCUT2D eigenvalue weighted by Crippen LogP contribution is -2.02. The fraction of sp³-hybridized carbons (Fsp3) is 0.0769. The van der Waals surface area contributed by atoms with Crippen molar-refractivity contribution < 1.29 is 8.42 Å². The van der Waals surface area contributed by atoms with E-state index in [0.29, 0.717) is 11.1 Å². The molecular formula is C13H9Cl3O2S. The van der Waals surface area contributed by atoms with Gasteiger partial charge in [0.2, 0.25) is 0 Å². The normalized spacial score (nSPS) is 11.6. The molecule has 6 heteroatoms. The minimum absolute atomic E-state index is 0.00485. The monoisotopic (exact) mass is 334 g/mol. The number of rotatable bonds is 2. The third-order valence-corrected chi connectivity index (χ3v) is 5.11. The van der Waals surface area contributed by atoms with Gasteiger partial charge in [0, 0.05) is 11.8 Å². The molecule has 19 heavy (non-hydrogen) atoms. The Morgan fingerprint density at radius 3 is 2.05 bits per heavy atom. The number of hydrogen-bond acceptors (Lipinski definition) is 2. The topological polar surface area (TPSA) is 34.1 Å². The molecule has 0 aliphatic heterocycles. The predicted octanol–water partition coefficient (Wildman–Crippen LogP) is 4.72. The third-order valence-electron chi connectivity index (χ3n) is 2.57. The Balaban J connectivity index is 2.89. The first-order valence-electron chi connectivity index (χ1n) is 5.25. The fourth-order valence-electron chi connectivity index (χ4n) is 1.77. The van der Waals surface area contributed by atoms with Crippen LogP contribution in [0, 0.1) is 0 Å². The summed E-state index contributed by atoms with van der Waals surface area (Å²) in [7, 11) is -3.53. The molecule has 0 bridgehead atoms.